The lowest BCUT2D eigenvalue weighted by Gasteiger charge is -2.01. The fourth-order valence-electron chi connectivity index (χ4n) is 0.518. The first kappa shape index (κ1) is 8.44. The summed E-state index contributed by atoms with van der Waals surface area (Å²) in [6.07, 6.45) is 0.504. The molecule has 0 bridgehead atoms. The van der Waals surface area contributed by atoms with Crippen molar-refractivity contribution in [2.24, 2.45) is 0 Å². The molecule has 1 aromatic rings. The minimum atomic E-state index is -0.741. The molecule has 0 spiro atoms. The maximum Gasteiger partial charge on any atom is 0.510 e. The van der Waals surface area contributed by atoms with E-state index in [0.29, 0.717) is 0 Å². The highest BCUT2D eigenvalue weighted by Gasteiger charge is 2.02. The number of tetrazole rings is 1. The second-order valence-electron chi connectivity index (χ2n) is 1.76. The summed E-state index contributed by atoms with van der Waals surface area (Å²) in [5, 5.41) is 10.5. The van der Waals surface area contributed by atoms with Gasteiger partial charge >= 0.3 is 6.16 Å². The summed E-state index contributed by atoms with van der Waals surface area (Å²) in [5.74, 6) is 0. The summed E-state index contributed by atoms with van der Waals surface area (Å²) in [5.41, 5.74) is 0. The van der Waals surface area contributed by atoms with Gasteiger partial charge in [-0.15, -0.1) is 15.0 Å². The normalized spacial score (nSPS) is 9.42. The van der Waals surface area contributed by atoms with Gasteiger partial charge in [0, 0.05) is 0 Å². The number of nitrogens with zero attached hydrogens (tertiary/aromatic N) is 4. The Hall–Kier alpha value is -1.66. The van der Waals surface area contributed by atoms with Gasteiger partial charge in [-0.05, 0) is 12.1 Å². The molecule has 7 nitrogen and oxygen atoms in total. The van der Waals surface area contributed by atoms with Gasteiger partial charge in [-0.25, -0.2) is 4.79 Å². The van der Waals surface area contributed by atoms with Crippen LogP contribution in [0.5, 0.6) is 0 Å². The third kappa shape index (κ3) is 2.52. The van der Waals surface area contributed by atoms with Gasteiger partial charge in [-0.3, -0.25) is 0 Å². The van der Waals surface area contributed by atoms with Crippen LogP contribution in [0.25, 0.3) is 0 Å². The zero-order chi connectivity index (χ0) is 8.81. The molecule has 0 saturated heterocycles. The quantitative estimate of drug-likeness (QED) is 0.587. The Labute approximate surface area is 68.3 Å². The van der Waals surface area contributed by atoms with E-state index in [9.17, 15) is 4.79 Å². The van der Waals surface area contributed by atoms with Gasteiger partial charge in [-0.2, -0.15) is 0 Å². The third-order valence-electron chi connectivity index (χ3n) is 0.952. The van der Waals surface area contributed by atoms with Crippen molar-refractivity contribution in [3.63, 3.8) is 0 Å². The maximum atomic E-state index is 10.6. The summed E-state index contributed by atoms with van der Waals surface area (Å²) >= 11 is 0. The van der Waals surface area contributed by atoms with E-state index in [0.717, 1.165) is 4.80 Å². The van der Waals surface area contributed by atoms with Crippen molar-refractivity contribution in [3.05, 3.63) is 6.33 Å². The monoisotopic (exact) mass is 172 g/mol. The molecule has 0 aliphatic carbocycles. The highest BCUT2D eigenvalue weighted by atomic mass is 16.7. The summed E-state index contributed by atoms with van der Waals surface area (Å²) < 4.78 is 9.05. The van der Waals surface area contributed by atoms with Crippen LogP contribution < -0.4 is 0 Å². The van der Waals surface area contributed by atoms with Gasteiger partial charge in [-0.1, -0.05) is 0 Å². The molecule has 0 N–H and O–H groups in total. The van der Waals surface area contributed by atoms with Crippen LogP contribution in [0.15, 0.2) is 6.33 Å². The molecule has 7 heteroatoms. The number of hydrogen-bond acceptors (Lipinski definition) is 6. The second-order valence-corrected chi connectivity index (χ2v) is 1.76. The Morgan fingerprint density at radius 3 is 3.00 bits per heavy atom. The Bertz CT molecular complexity index is 235. The Kier molecular flexibility index (Phi) is 3.00. The first-order valence-corrected chi connectivity index (χ1v) is 3.33. The molecular weight excluding hydrogens is 164 g/mol. The van der Waals surface area contributed by atoms with E-state index >= 15 is 0 Å². The van der Waals surface area contributed by atoms with E-state index < -0.39 is 6.16 Å². The fourth-order valence-corrected chi connectivity index (χ4v) is 0.518. The molecule has 0 fully saturated rings. The standard InChI is InChI=1S/C5H8N4O3/c1-2-11-5(10)12-4-9-7-3-6-8-9/h3H,2,4H2,1H3. The average Bonchev–Trinajstić information content (AvgIpc) is 2.53. The molecule has 1 heterocycles. The molecule has 0 aliphatic rings. The van der Waals surface area contributed by atoms with Crippen LogP contribution in [0.2, 0.25) is 0 Å². The SMILES string of the molecule is CCOC(=O)OCn1ncnn1. The fraction of sp³-hybridized carbons (Fsp3) is 0.600. The summed E-state index contributed by atoms with van der Waals surface area (Å²) in [7, 11) is 0. The van der Waals surface area contributed by atoms with Crippen LogP contribution >= 0.6 is 0 Å². The summed E-state index contributed by atoms with van der Waals surface area (Å²) in [4.78, 5) is 11.7. The molecule has 0 unspecified atom stereocenters. The number of ether oxygens (including phenoxy) is 2. The van der Waals surface area contributed by atoms with E-state index in [1.807, 2.05) is 0 Å². The highest BCUT2D eigenvalue weighted by molar-refractivity contribution is 5.59. The van der Waals surface area contributed by atoms with E-state index in [1.54, 1.807) is 6.92 Å². The molecule has 0 radical (unpaired) electrons. The number of hydrogen-bond donors (Lipinski definition) is 0. The summed E-state index contributed by atoms with van der Waals surface area (Å²) in [6, 6.07) is 0. The zero-order valence-electron chi connectivity index (χ0n) is 6.51. The molecule has 0 aliphatic heterocycles. The maximum absolute atomic E-state index is 10.6. The van der Waals surface area contributed by atoms with Gasteiger partial charge in [0.15, 0.2) is 6.33 Å². The number of carbonyl (C=O) groups excluding carboxylic acids is 1. The van der Waals surface area contributed by atoms with Crippen molar-refractivity contribution in [2.75, 3.05) is 6.61 Å². The van der Waals surface area contributed by atoms with Gasteiger partial charge in [0.2, 0.25) is 6.73 Å². The topological polar surface area (TPSA) is 79.1 Å². The first-order chi connectivity index (χ1) is 5.83. The minimum absolute atomic E-state index is 0.0845. The Morgan fingerprint density at radius 1 is 1.58 bits per heavy atom. The molecule has 0 saturated carbocycles. The largest absolute Gasteiger partial charge is 0.510 e. The van der Waals surface area contributed by atoms with Crippen LogP contribution in [0, 0.1) is 0 Å². The lowest BCUT2D eigenvalue weighted by atomic mass is 10.9. The molecule has 66 valence electrons. The number of rotatable bonds is 3. The van der Waals surface area contributed by atoms with Crippen molar-refractivity contribution < 1.29 is 14.3 Å². The van der Waals surface area contributed by atoms with Crippen LogP contribution in [-0.2, 0) is 16.2 Å². The summed E-state index contributed by atoms with van der Waals surface area (Å²) in [6.45, 7) is 1.89. The molecule has 0 atom stereocenters. The third-order valence-corrected chi connectivity index (χ3v) is 0.952. The smallest absolute Gasteiger partial charge is 0.435 e. The van der Waals surface area contributed by atoms with Gasteiger partial charge in [0.1, 0.15) is 0 Å². The molecular formula is C5H8N4O3. The highest BCUT2D eigenvalue weighted by Crippen LogP contribution is 1.86. The zero-order valence-corrected chi connectivity index (χ0v) is 6.51. The van der Waals surface area contributed by atoms with Crippen LogP contribution in [0.3, 0.4) is 0 Å². The average molecular weight is 172 g/mol. The van der Waals surface area contributed by atoms with Crippen LogP contribution in [0.1, 0.15) is 6.92 Å². The van der Waals surface area contributed by atoms with Gasteiger partial charge in [0.05, 0.1) is 6.61 Å². The number of carbonyl (C=O) groups is 1. The lowest BCUT2D eigenvalue weighted by Crippen LogP contribution is -2.12. The van der Waals surface area contributed by atoms with Crippen molar-refractivity contribution in [1.29, 1.82) is 0 Å². The molecule has 1 aromatic heterocycles. The lowest BCUT2D eigenvalue weighted by molar-refractivity contribution is 0.0288. The first-order valence-electron chi connectivity index (χ1n) is 3.33. The molecule has 1 rings (SSSR count). The van der Waals surface area contributed by atoms with Crippen molar-refractivity contribution in [2.45, 2.75) is 13.7 Å². The van der Waals surface area contributed by atoms with Gasteiger partial charge in [0.25, 0.3) is 0 Å². The molecule has 0 amide bonds. The molecule has 0 aromatic carbocycles. The number of aromatic nitrogens is 4. The van der Waals surface area contributed by atoms with E-state index in [1.165, 1.54) is 6.33 Å². The minimum Gasteiger partial charge on any atom is -0.435 e. The van der Waals surface area contributed by atoms with Crippen LogP contribution in [0.4, 0.5) is 4.79 Å². The van der Waals surface area contributed by atoms with E-state index in [-0.39, 0.29) is 13.3 Å². The van der Waals surface area contributed by atoms with Crippen molar-refractivity contribution in [3.8, 4) is 0 Å². The Balaban J connectivity index is 2.22. The second kappa shape index (κ2) is 4.27. The van der Waals surface area contributed by atoms with Crippen molar-refractivity contribution in [1.82, 2.24) is 20.2 Å². The van der Waals surface area contributed by atoms with Crippen LogP contribution in [-0.4, -0.2) is 33.0 Å². The Morgan fingerprint density at radius 2 is 2.42 bits per heavy atom. The van der Waals surface area contributed by atoms with E-state index in [2.05, 4.69) is 24.9 Å². The molecule has 12 heavy (non-hydrogen) atoms. The predicted octanol–water partition coefficient (Wildman–Crippen LogP) is -0.196. The van der Waals surface area contributed by atoms with Gasteiger partial charge < -0.3 is 9.47 Å². The predicted molar refractivity (Wildman–Crippen MR) is 35.9 cm³/mol. The van der Waals surface area contributed by atoms with E-state index in [4.69, 9.17) is 0 Å². The van der Waals surface area contributed by atoms with Crippen molar-refractivity contribution >= 4 is 6.16 Å².